The Balaban J connectivity index is 1.90. The monoisotopic (exact) mass is 424 g/mol. The van der Waals surface area contributed by atoms with Gasteiger partial charge in [-0.15, -0.1) is 11.8 Å². The molecule has 0 aliphatic rings. The van der Waals surface area contributed by atoms with Crippen LogP contribution in [0.4, 0.5) is 13.2 Å². The molecule has 1 amide bonds. The third-order valence-corrected chi connectivity index (χ3v) is 4.73. The molecular formula is C16H13Cl2F3N2O2S. The summed E-state index contributed by atoms with van der Waals surface area (Å²) in [4.78, 5) is 24.6. The normalized spacial score (nSPS) is 11.4. The van der Waals surface area contributed by atoms with E-state index in [1.165, 1.54) is 11.8 Å². The Labute approximate surface area is 161 Å². The van der Waals surface area contributed by atoms with Crippen molar-refractivity contribution in [3.05, 3.63) is 62.5 Å². The average molecular weight is 425 g/mol. The van der Waals surface area contributed by atoms with E-state index in [1.54, 1.807) is 12.1 Å². The van der Waals surface area contributed by atoms with E-state index in [9.17, 15) is 22.8 Å². The fraction of sp³-hybridized carbons (Fsp3) is 0.250. The van der Waals surface area contributed by atoms with E-state index in [0.717, 1.165) is 4.90 Å². The summed E-state index contributed by atoms with van der Waals surface area (Å²) in [6.45, 7) is -0.262. The van der Waals surface area contributed by atoms with Crippen LogP contribution in [-0.4, -0.2) is 22.8 Å². The van der Waals surface area contributed by atoms with Gasteiger partial charge in [0.05, 0.1) is 5.56 Å². The van der Waals surface area contributed by atoms with Gasteiger partial charge in [0.25, 0.3) is 5.56 Å². The molecule has 0 atom stereocenters. The Kier molecular flexibility index (Phi) is 7.02. The van der Waals surface area contributed by atoms with E-state index in [1.807, 2.05) is 12.1 Å². The van der Waals surface area contributed by atoms with Crippen LogP contribution in [0.25, 0.3) is 0 Å². The summed E-state index contributed by atoms with van der Waals surface area (Å²) in [5.74, 6) is -0.0368. The predicted octanol–water partition coefficient (Wildman–Crippen LogP) is 4.08. The van der Waals surface area contributed by atoms with Gasteiger partial charge in [0.1, 0.15) is 11.6 Å². The number of benzene rings is 1. The summed E-state index contributed by atoms with van der Waals surface area (Å²) in [6, 6.07) is 7.69. The van der Waals surface area contributed by atoms with Crippen LogP contribution in [0.15, 0.2) is 46.2 Å². The summed E-state index contributed by atoms with van der Waals surface area (Å²) >= 11 is 12.8. The highest BCUT2D eigenvalue weighted by atomic mass is 35.5. The zero-order chi connectivity index (χ0) is 19.3. The van der Waals surface area contributed by atoms with E-state index < -0.39 is 34.8 Å². The van der Waals surface area contributed by atoms with Crippen LogP contribution in [0.3, 0.4) is 0 Å². The number of pyridine rings is 1. The minimum atomic E-state index is -4.66. The van der Waals surface area contributed by atoms with Gasteiger partial charge < -0.3 is 9.88 Å². The number of halogens is 5. The Morgan fingerprint density at radius 2 is 1.85 bits per heavy atom. The van der Waals surface area contributed by atoms with E-state index in [2.05, 4.69) is 5.32 Å². The van der Waals surface area contributed by atoms with Crippen LogP contribution in [0.2, 0.25) is 10.0 Å². The molecule has 0 spiro atoms. The molecule has 0 unspecified atom stereocenters. The minimum absolute atomic E-state index is 0.285. The molecule has 1 heterocycles. The largest absolute Gasteiger partial charge is 0.417 e. The highest BCUT2D eigenvalue weighted by Crippen LogP contribution is 2.29. The van der Waals surface area contributed by atoms with Crippen molar-refractivity contribution < 1.29 is 18.0 Å². The Morgan fingerprint density at radius 1 is 1.19 bits per heavy atom. The van der Waals surface area contributed by atoms with E-state index in [0.29, 0.717) is 27.6 Å². The molecule has 1 aromatic carbocycles. The summed E-state index contributed by atoms with van der Waals surface area (Å²) in [6.07, 6.45) is -4.08. The number of carbonyl (C=O) groups excluding carboxylic acids is 1. The van der Waals surface area contributed by atoms with Crippen LogP contribution >= 0.6 is 35.0 Å². The lowest BCUT2D eigenvalue weighted by atomic mass is 10.2. The maximum atomic E-state index is 12.8. The first-order valence-electron chi connectivity index (χ1n) is 7.29. The van der Waals surface area contributed by atoms with Crippen LogP contribution in [0.1, 0.15) is 5.56 Å². The number of thioether (sulfide) groups is 1. The lowest BCUT2D eigenvalue weighted by Gasteiger charge is -2.12. The fourth-order valence-electron chi connectivity index (χ4n) is 1.97. The Hall–Kier alpha value is -1.64. The van der Waals surface area contributed by atoms with Crippen molar-refractivity contribution in [1.29, 1.82) is 0 Å². The van der Waals surface area contributed by atoms with Gasteiger partial charge in [-0.3, -0.25) is 9.59 Å². The van der Waals surface area contributed by atoms with Crippen molar-refractivity contribution in [2.45, 2.75) is 17.6 Å². The molecule has 1 aromatic heterocycles. The summed E-state index contributed by atoms with van der Waals surface area (Å²) in [5, 5.41) is 2.57. The van der Waals surface area contributed by atoms with Gasteiger partial charge in [-0.1, -0.05) is 23.2 Å². The van der Waals surface area contributed by atoms with Gasteiger partial charge in [0, 0.05) is 28.4 Å². The highest BCUT2D eigenvalue weighted by molar-refractivity contribution is 7.99. The first kappa shape index (κ1) is 20.7. The molecule has 2 rings (SSSR count). The maximum absolute atomic E-state index is 12.8. The zero-order valence-corrected chi connectivity index (χ0v) is 15.5. The van der Waals surface area contributed by atoms with Crippen molar-refractivity contribution in [2.75, 3.05) is 12.3 Å². The van der Waals surface area contributed by atoms with Crippen molar-refractivity contribution in [3.63, 3.8) is 0 Å². The van der Waals surface area contributed by atoms with E-state index in [-0.39, 0.29) is 6.54 Å². The minimum Gasteiger partial charge on any atom is -0.354 e. The number of rotatable bonds is 6. The van der Waals surface area contributed by atoms with Crippen molar-refractivity contribution in [3.8, 4) is 0 Å². The number of hydrogen-bond donors (Lipinski definition) is 1. The average Bonchev–Trinajstić information content (AvgIpc) is 2.56. The van der Waals surface area contributed by atoms with Gasteiger partial charge in [-0.2, -0.15) is 13.2 Å². The van der Waals surface area contributed by atoms with Gasteiger partial charge in [0.2, 0.25) is 5.91 Å². The predicted molar refractivity (Wildman–Crippen MR) is 95.9 cm³/mol. The molecule has 0 saturated heterocycles. The second-order valence-electron chi connectivity index (χ2n) is 5.16. The third-order valence-electron chi connectivity index (χ3n) is 3.19. The van der Waals surface area contributed by atoms with Gasteiger partial charge in [-0.25, -0.2) is 0 Å². The molecule has 0 bridgehead atoms. The van der Waals surface area contributed by atoms with Crippen molar-refractivity contribution in [2.24, 2.45) is 0 Å². The molecule has 0 fully saturated rings. The molecule has 1 N–H and O–H groups in total. The molecule has 26 heavy (non-hydrogen) atoms. The lowest BCUT2D eigenvalue weighted by molar-refractivity contribution is -0.138. The fourth-order valence-corrected chi connectivity index (χ4v) is 3.09. The van der Waals surface area contributed by atoms with Crippen molar-refractivity contribution >= 4 is 40.9 Å². The SMILES string of the molecule is O=C(Cn1cc(C(F)(F)F)cc(Cl)c1=O)NCCSc1ccc(Cl)cc1. The Bertz CT molecular complexity index is 839. The number of aromatic nitrogens is 1. The molecular weight excluding hydrogens is 412 g/mol. The number of hydrogen-bond acceptors (Lipinski definition) is 3. The molecule has 0 aliphatic carbocycles. The number of amides is 1. The smallest absolute Gasteiger partial charge is 0.354 e. The highest BCUT2D eigenvalue weighted by Gasteiger charge is 2.32. The van der Waals surface area contributed by atoms with Gasteiger partial charge in [-0.05, 0) is 30.3 Å². The molecule has 0 aliphatic heterocycles. The van der Waals surface area contributed by atoms with Crippen LogP contribution < -0.4 is 10.9 Å². The molecule has 10 heteroatoms. The zero-order valence-electron chi connectivity index (χ0n) is 13.1. The number of nitrogens with zero attached hydrogens (tertiary/aromatic N) is 1. The van der Waals surface area contributed by atoms with Crippen LogP contribution in [0.5, 0.6) is 0 Å². The topological polar surface area (TPSA) is 51.1 Å². The summed E-state index contributed by atoms with van der Waals surface area (Å²) in [7, 11) is 0. The lowest BCUT2D eigenvalue weighted by Crippen LogP contribution is -2.34. The first-order valence-corrected chi connectivity index (χ1v) is 9.03. The molecule has 140 valence electrons. The first-order chi connectivity index (χ1) is 12.2. The molecule has 2 aromatic rings. The molecule has 0 saturated carbocycles. The van der Waals surface area contributed by atoms with Crippen molar-refractivity contribution in [1.82, 2.24) is 9.88 Å². The number of alkyl halides is 3. The number of nitrogens with one attached hydrogen (secondary N) is 1. The van der Waals surface area contributed by atoms with Gasteiger partial charge in [0.15, 0.2) is 0 Å². The quantitative estimate of drug-likeness (QED) is 0.561. The second-order valence-corrected chi connectivity index (χ2v) is 7.17. The van der Waals surface area contributed by atoms with E-state index >= 15 is 0 Å². The van der Waals surface area contributed by atoms with Crippen LogP contribution in [-0.2, 0) is 17.5 Å². The van der Waals surface area contributed by atoms with Gasteiger partial charge >= 0.3 is 6.18 Å². The number of carbonyl (C=O) groups is 1. The summed E-state index contributed by atoms with van der Waals surface area (Å²) in [5.41, 5.74) is -1.95. The standard InChI is InChI=1S/C16H13Cl2F3N2O2S/c17-11-1-3-12(4-2-11)26-6-5-22-14(24)9-23-8-10(16(19,20)21)7-13(18)15(23)25/h1-4,7-8H,5-6,9H2,(H,22,24). The maximum Gasteiger partial charge on any atom is 0.417 e. The molecule has 4 nitrogen and oxygen atoms in total. The Morgan fingerprint density at radius 3 is 2.46 bits per heavy atom. The third kappa shape index (κ3) is 5.96. The van der Waals surface area contributed by atoms with Crippen LogP contribution in [0, 0.1) is 0 Å². The summed E-state index contributed by atoms with van der Waals surface area (Å²) < 4.78 is 38.9. The second kappa shape index (κ2) is 8.83. The molecule has 0 radical (unpaired) electrons. The van der Waals surface area contributed by atoms with E-state index in [4.69, 9.17) is 23.2 Å².